The van der Waals surface area contributed by atoms with Crippen LogP contribution in [-0.2, 0) is 11.6 Å². The van der Waals surface area contributed by atoms with E-state index in [0.29, 0.717) is 11.6 Å². The highest BCUT2D eigenvalue weighted by molar-refractivity contribution is 5.42. The Bertz CT molecular complexity index is 417. The molecule has 1 rings (SSSR count). The van der Waals surface area contributed by atoms with Crippen LogP contribution >= 0.6 is 0 Å². The summed E-state index contributed by atoms with van der Waals surface area (Å²) in [5.74, 6) is -0.438. The van der Waals surface area contributed by atoms with Gasteiger partial charge in [-0.25, -0.2) is 0 Å². The number of benzene rings is 1. The molecule has 0 saturated heterocycles. The molecular formula is C12H13F5O. The summed E-state index contributed by atoms with van der Waals surface area (Å²) in [7, 11) is 0. The van der Waals surface area contributed by atoms with Gasteiger partial charge in [0.05, 0.1) is 5.56 Å². The van der Waals surface area contributed by atoms with Crippen molar-refractivity contribution in [3.05, 3.63) is 29.3 Å². The zero-order valence-electron chi connectivity index (χ0n) is 10.1. The van der Waals surface area contributed by atoms with Crippen LogP contribution < -0.4 is 4.74 Å². The lowest BCUT2D eigenvalue weighted by Gasteiger charge is -2.23. The quantitative estimate of drug-likeness (QED) is 0.712. The third-order valence-electron chi connectivity index (χ3n) is 2.33. The Kier molecular flexibility index (Phi) is 3.88. The summed E-state index contributed by atoms with van der Waals surface area (Å²) in [5, 5.41) is 0. The van der Waals surface area contributed by atoms with E-state index in [1.807, 2.05) is 0 Å². The number of alkyl halides is 5. The minimum atomic E-state index is -4.59. The molecule has 0 aliphatic rings. The molecule has 0 heterocycles. The predicted octanol–water partition coefficient (Wildman–Crippen LogP) is 4.60. The van der Waals surface area contributed by atoms with Gasteiger partial charge < -0.3 is 4.74 Å². The molecule has 0 aliphatic carbocycles. The SMILES string of the molecule is CC(C)(C)c1ccc(C(F)(F)F)cc1OC(F)F. The fraction of sp³-hybridized carbons (Fsp3) is 0.500. The van der Waals surface area contributed by atoms with Crippen molar-refractivity contribution >= 4 is 0 Å². The summed E-state index contributed by atoms with van der Waals surface area (Å²) in [6.07, 6.45) is -4.59. The molecule has 0 radical (unpaired) electrons. The van der Waals surface area contributed by atoms with Gasteiger partial charge in [-0.3, -0.25) is 0 Å². The van der Waals surface area contributed by atoms with E-state index in [9.17, 15) is 22.0 Å². The van der Waals surface area contributed by atoms with Crippen molar-refractivity contribution in [3.8, 4) is 5.75 Å². The van der Waals surface area contributed by atoms with Crippen LogP contribution in [0, 0.1) is 0 Å². The minimum Gasteiger partial charge on any atom is -0.435 e. The lowest BCUT2D eigenvalue weighted by atomic mass is 9.86. The van der Waals surface area contributed by atoms with Gasteiger partial charge in [0.1, 0.15) is 5.75 Å². The van der Waals surface area contributed by atoms with Crippen LogP contribution in [0.3, 0.4) is 0 Å². The molecule has 0 spiro atoms. The van der Waals surface area contributed by atoms with E-state index in [-0.39, 0.29) is 0 Å². The molecule has 0 N–H and O–H groups in total. The van der Waals surface area contributed by atoms with Crippen molar-refractivity contribution in [1.82, 2.24) is 0 Å². The largest absolute Gasteiger partial charge is 0.435 e. The van der Waals surface area contributed by atoms with E-state index in [4.69, 9.17) is 0 Å². The third kappa shape index (κ3) is 3.58. The first-order valence-electron chi connectivity index (χ1n) is 5.18. The van der Waals surface area contributed by atoms with Crippen LogP contribution in [0.2, 0.25) is 0 Å². The fourth-order valence-corrected chi connectivity index (χ4v) is 1.51. The van der Waals surface area contributed by atoms with Gasteiger partial charge in [-0.2, -0.15) is 22.0 Å². The summed E-state index contributed by atoms with van der Waals surface area (Å²) >= 11 is 0. The first-order valence-corrected chi connectivity index (χ1v) is 5.18. The van der Waals surface area contributed by atoms with Gasteiger partial charge in [-0.1, -0.05) is 26.8 Å². The molecule has 0 unspecified atom stereocenters. The molecule has 1 aromatic carbocycles. The van der Waals surface area contributed by atoms with Crippen molar-refractivity contribution in [2.24, 2.45) is 0 Å². The Morgan fingerprint density at radius 1 is 1.06 bits per heavy atom. The van der Waals surface area contributed by atoms with Gasteiger partial charge in [-0.15, -0.1) is 0 Å². The van der Waals surface area contributed by atoms with Gasteiger partial charge in [0, 0.05) is 0 Å². The maximum absolute atomic E-state index is 12.5. The first-order chi connectivity index (χ1) is 8.01. The lowest BCUT2D eigenvalue weighted by molar-refractivity contribution is -0.138. The van der Waals surface area contributed by atoms with E-state index in [1.165, 1.54) is 6.07 Å². The van der Waals surface area contributed by atoms with Crippen LogP contribution in [0.5, 0.6) is 5.75 Å². The average Bonchev–Trinajstić information content (AvgIpc) is 2.13. The second-order valence-corrected chi connectivity index (χ2v) is 4.84. The second kappa shape index (κ2) is 4.74. The summed E-state index contributed by atoms with van der Waals surface area (Å²) in [4.78, 5) is 0. The van der Waals surface area contributed by atoms with Crippen molar-refractivity contribution in [2.45, 2.75) is 39.0 Å². The summed E-state index contributed by atoms with van der Waals surface area (Å²) in [6, 6.07) is 2.63. The molecule has 0 fully saturated rings. The van der Waals surface area contributed by atoms with Crippen LogP contribution in [0.4, 0.5) is 22.0 Å². The molecule has 102 valence electrons. The predicted molar refractivity (Wildman–Crippen MR) is 56.8 cm³/mol. The smallest absolute Gasteiger partial charge is 0.416 e. The van der Waals surface area contributed by atoms with Crippen LogP contribution in [0.15, 0.2) is 18.2 Å². The number of rotatable bonds is 2. The summed E-state index contributed by atoms with van der Waals surface area (Å²) < 4.78 is 66.1. The summed E-state index contributed by atoms with van der Waals surface area (Å²) in [5.41, 5.74) is -1.30. The monoisotopic (exact) mass is 268 g/mol. The Labute approximate surface area is 102 Å². The molecule has 0 aliphatic heterocycles. The number of hydrogen-bond acceptors (Lipinski definition) is 1. The van der Waals surface area contributed by atoms with Gasteiger partial charge in [0.2, 0.25) is 0 Å². The fourth-order valence-electron chi connectivity index (χ4n) is 1.51. The lowest BCUT2D eigenvalue weighted by Crippen LogP contribution is -2.16. The molecule has 0 aromatic heterocycles. The Morgan fingerprint density at radius 3 is 2.00 bits per heavy atom. The van der Waals surface area contributed by atoms with Crippen LogP contribution in [0.25, 0.3) is 0 Å². The van der Waals surface area contributed by atoms with Crippen molar-refractivity contribution in [1.29, 1.82) is 0 Å². The Hall–Kier alpha value is -1.33. The maximum Gasteiger partial charge on any atom is 0.416 e. The molecule has 1 nitrogen and oxygen atoms in total. The highest BCUT2D eigenvalue weighted by Crippen LogP contribution is 2.37. The molecule has 0 bridgehead atoms. The molecule has 1 aromatic rings. The Morgan fingerprint density at radius 2 is 1.61 bits per heavy atom. The van der Waals surface area contributed by atoms with Gasteiger partial charge in [0.15, 0.2) is 0 Å². The van der Waals surface area contributed by atoms with Crippen LogP contribution in [0.1, 0.15) is 31.9 Å². The molecule has 18 heavy (non-hydrogen) atoms. The van der Waals surface area contributed by atoms with Crippen molar-refractivity contribution < 1.29 is 26.7 Å². The van der Waals surface area contributed by atoms with E-state index in [0.717, 1.165) is 6.07 Å². The molecule has 6 heteroatoms. The highest BCUT2D eigenvalue weighted by Gasteiger charge is 2.32. The van der Waals surface area contributed by atoms with E-state index in [1.54, 1.807) is 20.8 Å². The number of halogens is 5. The zero-order valence-corrected chi connectivity index (χ0v) is 10.1. The normalized spacial score (nSPS) is 12.9. The topological polar surface area (TPSA) is 9.23 Å². The number of ether oxygens (including phenoxy) is 1. The van der Waals surface area contributed by atoms with Gasteiger partial charge >= 0.3 is 12.8 Å². The van der Waals surface area contributed by atoms with Crippen molar-refractivity contribution in [3.63, 3.8) is 0 Å². The van der Waals surface area contributed by atoms with E-state index < -0.39 is 29.5 Å². The molecular weight excluding hydrogens is 255 g/mol. The van der Waals surface area contributed by atoms with Crippen LogP contribution in [-0.4, -0.2) is 6.61 Å². The zero-order chi connectivity index (χ0) is 14.1. The third-order valence-corrected chi connectivity index (χ3v) is 2.33. The molecule has 0 atom stereocenters. The first kappa shape index (κ1) is 14.7. The highest BCUT2D eigenvalue weighted by atomic mass is 19.4. The van der Waals surface area contributed by atoms with Gasteiger partial charge in [0.25, 0.3) is 0 Å². The maximum atomic E-state index is 12.5. The average molecular weight is 268 g/mol. The van der Waals surface area contributed by atoms with Crippen molar-refractivity contribution in [2.75, 3.05) is 0 Å². The minimum absolute atomic E-state index is 0.302. The second-order valence-electron chi connectivity index (χ2n) is 4.84. The van der Waals surface area contributed by atoms with E-state index in [2.05, 4.69) is 4.74 Å². The molecule has 0 saturated carbocycles. The summed E-state index contributed by atoms with van der Waals surface area (Å²) in [6.45, 7) is 1.95. The number of hydrogen-bond donors (Lipinski definition) is 0. The van der Waals surface area contributed by atoms with Gasteiger partial charge in [-0.05, 0) is 23.1 Å². The molecule has 0 amide bonds. The standard InChI is InChI=1S/C12H13F5O/c1-11(2,3)8-5-4-7(12(15,16)17)6-9(8)18-10(13)14/h4-6,10H,1-3H3. The Balaban J connectivity index is 3.30. The van der Waals surface area contributed by atoms with E-state index >= 15 is 0 Å².